The molecule has 0 spiro atoms. The van der Waals surface area contributed by atoms with Gasteiger partial charge in [0, 0.05) is 19.2 Å². The minimum absolute atomic E-state index is 0. The zero-order valence-corrected chi connectivity index (χ0v) is 25.6. The molecule has 0 aliphatic carbocycles. The molecule has 0 saturated carbocycles. The van der Waals surface area contributed by atoms with Crippen molar-refractivity contribution in [2.45, 2.75) is 122 Å². The fraction of sp³-hybridized carbons (Fsp3) is 1.00. The molecule has 0 aromatic carbocycles. The van der Waals surface area contributed by atoms with Gasteiger partial charge >= 0.3 is 59.1 Å². The van der Waals surface area contributed by atoms with Gasteiger partial charge in [-0.05, 0) is 12.8 Å². The standard InChI is InChI=1S/C22H48NO5P.2Na/c1-2-3-4-5-6-7-8-9-10-11-12-13-14-15-16-17-22(18-20-24)23-19-21-28-29(25,26)27;;/h22-24H,2-21H2,1H3,(H2,25,26,27);;/q;2*+1/p-2. The van der Waals surface area contributed by atoms with E-state index in [4.69, 9.17) is 5.11 Å². The van der Waals surface area contributed by atoms with Gasteiger partial charge in [-0.1, -0.05) is 103 Å². The van der Waals surface area contributed by atoms with Crippen LogP contribution in [0.3, 0.4) is 0 Å². The molecule has 0 aliphatic heterocycles. The maximum absolute atomic E-state index is 10.4. The van der Waals surface area contributed by atoms with Gasteiger partial charge in [0.1, 0.15) is 0 Å². The number of phosphoric acid groups is 1. The molecule has 0 amide bonds. The van der Waals surface area contributed by atoms with Crippen LogP contribution in [0.5, 0.6) is 0 Å². The maximum Gasteiger partial charge on any atom is 1.00 e. The van der Waals surface area contributed by atoms with Crippen molar-refractivity contribution in [2.24, 2.45) is 0 Å². The van der Waals surface area contributed by atoms with Crippen LogP contribution in [0, 0.1) is 0 Å². The normalized spacial score (nSPS) is 12.3. The maximum atomic E-state index is 10.4. The van der Waals surface area contributed by atoms with Crippen molar-refractivity contribution in [3.05, 3.63) is 0 Å². The summed E-state index contributed by atoms with van der Waals surface area (Å²) in [4.78, 5) is 20.8. The minimum Gasteiger partial charge on any atom is -0.790 e. The predicted octanol–water partition coefficient (Wildman–Crippen LogP) is -1.56. The average Bonchev–Trinajstić information content (AvgIpc) is 2.67. The van der Waals surface area contributed by atoms with Crippen LogP contribution in [-0.2, 0) is 9.09 Å². The first-order valence-electron chi connectivity index (χ1n) is 12.0. The summed E-state index contributed by atoms with van der Waals surface area (Å²) in [7, 11) is -4.88. The number of phosphoric ester groups is 1. The Balaban J connectivity index is -0.00000392. The molecule has 1 atom stereocenters. The Morgan fingerprint density at radius 1 is 0.774 bits per heavy atom. The Morgan fingerprint density at radius 3 is 1.58 bits per heavy atom. The van der Waals surface area contributed by atoms with Crippen molar-refractivity contribution in [2.75, 3.05) is 19.8 Å². The van der Waals surface area contributed by atoms with E-state index >= 15 is 0 Å². The predicted molar refractivity (Wildman–Crippen MR) is 117 cm³/mol. The number of nitrogens with one attached hydrogen (secondary N) is 1. The van der Waals surface area contributed by atoms with E-state index in [0.29, 0.717) is 13.0 Å². The Labute approximate surface area is 236 Å². The van der Waals surface area contributed by atoms with Crippen LogP contribution in [0.1, 0.15) is 116 Å². The molecule has 176 valence electrons. The van der Waals surface area contributed by atoms with E-state index < -0.39 is 7.82 Å². The number of hydrogen-bond acceptors (Lipinski definition) is 6. The third-order valence-electron chi connectivity index (χ3n) is 5.42. The van der Waals surface area contributed by atoms with Crippen LogP contribution < -0.4 is 74.2 Å². The van der Waals surface area contributed by atoms with E-state index in [0.717, 1.165) is 12.8 Å². The van der Waals surface area contributed by atoms with Crippen molar-refractivity contribution < 1.29 is 83.1 Å². The van der Waals surface area contributed by atoms with Gasteiger partial charge in [-0.2, -0.15) is 0 Å². The molecule has 31 heavy (non-hydrogen) atoms. The third-order valence-corrected chi connectivity index (χ3v) is 5.92. The molecule has 9 heteroatoms. The number of aliphatic hydroxyl groups is 1. The Morgan fingerprint density at radius 2 is 1.19 bits per heavy atom. The van der Waals surface area contributed by atoms with E-state index in [1.54, 1.807) is 0 Å². The first-order valence-corrected chi connectivity index (χ1v) is 13.5. The summed E-state index contributed by atoms with van der Waals surface area (Å²) in [6, 6.07) is 0.142. The van der Waals surface area contributed by atoms with Gasteiger partial charge in [-0.25, -0.2) is 0 Å². The SMILES string of the molecule is CCCCCCCCCCCCCCCCCC(CCO)NCCOP(=O)([O-])[O-].[Na+].[Na+]. The second-order valence-electron chi connectivity index (χ2n) is 8.18. The van der Waals surface area contributed by atoms with E-state index in [1.807, 2.05) is 0 Å². The molecule has 0 bridgehead atoms. The first-order chi connectivity index (χ1) is 14.0. The van der Waals surface area contributed by atoms with Gasteiger partial charge in [0.2, 0.25) is 0 Å². The average molecular weight is 482 g/mol. The molecule has 0 heterocycles. The molecular formula is C22H46NNa2O5P. The van der Waals surface area contributed by atoms with E-state index in [-0.39, 0.29) is 78.4 Å². The fourth-order valence-electron chi connectivity index (χ4n) is 3.69. The molecular weight excluding hydrogens is 435 g/mol. The Kier molecular flexibility index (Phi) is 34.3. The topological polar surface area (TPSA) is 105 Å². The fourth-order valence-corrected chi connectivity index (χ4v) is 4.00. The van der Waals surface area contributed by atoms with Crippen molar-refractivity contribution in [1.29, 1.82) is 0 Å². The zero-order valence-electron chi connectivity index (χ0n) is 20.7. The number of rotatable bonds is 23. The minimum atomic E-state index is -4.88. The third kappa shape index (κ3) is 32.0. The Bertz CT molecular complexity index is 389. The number of unbranched alkanes of at least 4 members (excludes halogenated alkanes) is 14. The van der Waals surface area contributed by atoms with Gasteiger partial charge in [-0.15, -0.1) is 0 Å². The van der Waals surface area contributed by atoms with E-state index in [9.17, 15) is 14.4 Å². The smallest absolute Gasteiger partial charge is 0.790 e. The molecule has 0 aromatic heterocycles. The van der Waals surface area contributed by atoms with Crippen molar-refractivity contribution in [3.8, 4) is 0 Å². The van der Waals surface area contributed by atoms with Gasteiger partial charge in [-0.3, -0.25) is 0 Å². The quantitative estimate of drug-likeness (QED) is 0.104. The van der Waals surface area contributed by atoms with Crippen LogP contribution >= 0.6 is 7.82 Å². The van der Waals surface area contributed by atoms with Crippen LogP contribution in [0.25, 0.3) is 0 Å². The first kappa shape index (κ1) is 37.6. The second kappa shape index (κ2) is 28.3. The summed E-state index contributed by atoms with van der Waals surface area (Å²) in [6.45, 7) is 2.52. The molecule has 1 unspecified atom stereocenters. The van der Waals surface area contributed by atoms with Crippen LogP contribution in [0.15, 0.2) is 0 Å². The summed E-state index contributed by atoms with van der Waals surface area (Å²) in [5.41, 5.74) is 0. The van der Waals surface area contributed by atoms with Gasteiger partial charge in [0.05, 0.1) is 14.4 Å². The van der Waals surface area contributed by atoms with Gasteiger partial charge in [0.25, 0.3) is 0 Å². The van der Waals surface area contributed by atoms with E-state index in [1.165, 1.54) is 89.9 Å². The molecule has 0 aliphatic rings. The van der Waals surface area contributed by atoms with Crippen LogP contribution in [0.2, 0.25) is 0 Å². The van der Waals surface area contributed by atoms with Crippen LogP contribution in [0.4, 0.5) is 0 Å². The summed E-state index contributed by atoms with van der Waals surface area (Å²) >= 11 is 0. The van der Waals surface area contributed by atoms with Crippen LogP contribution in [-0.4, -0.2) is 30.9 Å². The summed E-state index contributed by atoms with van der Waals surface area (Å²) in [6.07, 6.45) is 21.6. The molecule has 0 saturated heterocycles. The molecule has 0 rings (SSSR count). The number of aliphatic hydroxyl groups excluding tert-OH is 1. The Hall–Kier alpha value is 2.03. The summed E-state index contributed by atoms with van der Waals surface area (Å²) < 4.78 is 14.6. The van der Waals surface area contributed by atoms with Crippen molar-refractivity contribution in [3.63, 3.8) is 0 Å². The molecule has 0 fully saturated rings. The van der Waals surface area contributed by atoms with Gasteiger partial charge in [0.15, 0.2) is 0 Å². The molecule has 2 N–H and O–H groups in total. The largest absolute Gasteiger partial charge is 1.00 e. The second-order valence-corrected chi connectivity index (χ2v) is 9.33. The molecule has 6 nitrogen and oxygen atoms in total. The zero-order chi connectivity index (χ0) is 21.6. The monoisotopic (exact) mass is 481 g/mol. The van der Waals surface area contributed by atoms with Crippen molar-refractivity contribution in [1.82, 2.24) is 5.32 Å². The van der Waals surface area contributed by atoms with Crippen molar-refractivity contribution >= 4 is 7.82 Å². The summed E-state index contributed by atoms with van der Waals surface area (Å²) in [5.74, 6) is 0. The summed E-state index contributed by atoms with van der Waals surface area (Å²) in [5, 5.41) is 12.3. The van der Waals surface area contributed by atoms with E-state index in [2.05, 4.69) is 16.8 Å². The molecule has 0 radical (unpaired) electrons. The van der Waals surface area contributed by atoms with Gasteiger partial charge < -0.3 is 29.3 Å². The molecule has 0 aromatic rings. The number of hydrogen-bond donors (Lipinski definition) is 2.